The second-order valence-corrected chi connectivity index (χ2v) is 3.80. The van der Waals surface area contributed by atoms with Gasteiger partial charge in [0, 0.05) is 18.5 Å². The third-order valence-corrected chi connectivity index (χ3v) is 2.01. The fourth-order valence-corrected chi connectivity index (χ4v) is 1.10. The molecule has 0 aliphatic heterocycles. The maximum absolute atomic E-state index is 5.59. The first-order valence-corrected chi connectivity index (χ1v) is 5.13. The minimum absolute atomic E-state index is 0.583. The van der Waals surface area contributed by atoms with Crippen molar-refractivity contribution in [1.82, 2.24) is 5.32 Å². The lowest BCUT2D eigenvalue weighted by Gasteiger charge is -2.10. The fourth-order valence-electron chi connectivity index (χ4n) is 0.950. The number of halogens is 1. The van der Waals surface area contributed by atoms with Crippen LogP contribution in [0.3, 0.4) is 0 Å². The zero-order valence-corrected chi connectivity index (χ0v) is 9.12. The van der Waals surface area contributed by atoms with E-state index in [1.54, 1.807) is 0 Å². The smallest absolute Gasteiger partial charge is 0.0224 e. The third kappa shape index (κ3) is 8.09. The Hall–Kier alpha value is -0.0100. The maximum atomic E-state index is 5.59. The molecular weight excluding hydrogens is 170 g/mol. The van der Waals surface area contributed by atoms with Gasteiger partial charge in [-0.3, -0.25) is 0 Å². The van der Waals surface area contributed by atoms with Crippen molar-refractivity contribution in [1.29, 1.82) is 0 Å². The number of hydrogen-bond acceptors (Lipinski definition) is 1. The molecule has 1 atom stereocenters. The van der Waals surface area contributed by atoms with E-state index in [2.05, 4.69) is 32.2 Å². The Balaban J connectivity index is 3.31. The molecule has 0 bridgehead atoms. The van der Waals surface area contributed by atoms with Gasteiger partial charge in [-0.15, -0.1) is 11.6 Å². The Morgan fingerprint density at radius 3 is 2.67 bits per heavy atom. The Morgan fingerprint density at radius 1 is 1.50 bits per heavy atom. The van der Waals surface area contributed by atoms with Crippen molar-refractivity contribution in [3.05, 3.63) is 11.6 Å². The molecule has 12 heavy (non-hydrogen) atoms. The van der Waals surface area contributed by atoms with Gasteiger partial charge in [-0.05, 0) is 33.6 Å². The molecular formula is C10H20ClN. The van der Waals surface area contributed by atoms with Crippen LogP contribution >= 0.6 is 11.6 Å². The summed E-state index contributed by atoms with van der Waals surface area (Å²) in [4.78, 5) is 0. The standard InChI is InChI=1S/C10H20ClN/c1-9(2)6-8-12-10(3)5-4-7-11/h6,10,12H,4-5,7-8H2,1-3H3. The van der Waals surface area contributed by atoms with Gasteiger partial charge in [0.2, 0.25) is 0 Å². The average Bonchev–Trinajstić information content (AvgIpc) is 2.00. The molecule has 2 heteroatoms. The first kappa shape index (κ1) is 12.0. The Morgan fingerprint density at radius 2 is 2.17 bits per heavy atom. The highest BCUT2D eigenvalue weighted by Crippen LogP contribution is 1.97. The molecule has 0 aliphatic rings. The van der Waals surface area contributed by atoms with Crippen molar-refractivity contribution in [2.75, 3.05) is 12.4 Å². The largest absolute Gasteiger partial charge is 0.311 e. The third-order valence-electron chi connectivity index (χ3n) is 1.75. The lowest BCUT2D eigenvalue weighted by atomic mass is 10.2. The summed E-state index contributed by atoms with van der Waals surface area (Å²) in [6.45, 7) is 7.41. The first-order chi connectivity index (χ1) is 5.66. The molecule has 0 saturated carbocycles. The van der Waals surface area contributed by atoms with E-state index >= 15 is 0 Å². The summed E-state index contributed by atoms with van der Waals surface area (Å²) in [6, 6.07) is 0.583. The molecule has 72 valence electrons. The lowest BCUT2D eigenvalue weighted by Crippen LogP contribution is -2.26. The minimum Gasteiger partial charge on any atom is -0.311 e. The normalized spacial score (nSPS) is 12.7. The van der Waals surface area contributed by atoms with Crippen molar-refractivity contribution >= 4 is 11.6 Å². The van der Waals surface area contributed by atoms with Crippen LogP contribution in [0, 0.1) is 0 Å². The van der Waals surface area contributed by atoms with E-state index in [4.69, 9.17) is 11.6 Å². The van der Waals surface area contributed by atoms with Gasteiger partial charge in [0.1, 0.15) is 0 Å². The number of alkyl halides is 1. The molecule has 1 nitrogen and oxygen atoms in total. The van der Waals surface area contributed by atoms with Crippen molar-refractivity contribution in [3.8, 4) is 0 Å². The molecule has 0 aliphatic carbocycles. The van der Waals surface area contributed by atoms with Crippen LogP contribution in [0.5, 0.6) is 0 Å². The summed E-state index contributed by atoms with van der Waals surface area (Å²) < 4.78 is 0. The molecule has 0 aromatic heterocycles. The van der Waals surface area contributed by atoms with Gasteiger partial charge >= 0.3 is 0 Å². The predicted molar refractivity (Wildman–Crippen MR) is 56.8 cm³/mol. The Bertz CT molecular complexity index is 128. The van der Waals surface area contributed by atoms with Gasteiger partial charge in [-0.2, -0.15) is 0 Å². The van der Waals surface area contributed by atoms with Gasteiger partial charge < -0.3 is 5.32 Å². The molecule has 0 spiro atoms. The van der Waals surface area contributed by atoms with Crippen LogP contribution in [0.4, 0.5) is 0 Å². The van der Waals surface area contributed by atoms with Crippen molar-refractivity contribution in [3.63, 3.8) is 0 Å². The average molecular weight is 190 g/mol. The van der Waals surface area contributed by atoms with E-state index in [0.717, 1.165) is 18.8 Å². The van der Waals surface area contributed by atoms with E-state index < -0.39 is 0 Å². The maximum Gasteiger partial charge on any atom is 0.0224 e. The van der Waals surface area contributed by atoms with Crippen LogP contribution in [0.2, 0.25) is 0 Å². The summed E-state index contributed by atoms with van der Waals surface area (Å²) in [5.41, 5.74) is 1.37. The quantitative estimate of drug-likeness (QED) is 0.501. The van der Waals surface area contributed by atoms with Crippen LogP contribution in [0.25, 0.3) is 0 Å². The molecule has 0 aromatic rings. The summed E-state index contributed by atoms with van der Waals surface area (Å²) in [7, 11) is 0. The monoisotopic (exact) mass is 189 g/mol. The fraction of sp³-hybridized carbons (Fsp3) is 0.800. The van der Waals surface area contributed by atoms with Crippen LogP contribution < -0.4 is 5.32 Å². The molecule has 0 fully saturated rings. The highest BCUT2D eigenvalue weighted by molar-refractivity contribution is 6.17. The van der Waals surface area contributed by atoms with Crippen molar-refractivity contribution in [2.24, 2.45) is 0 Å². The SMILES string of the molecule is CC(C)=CCNC(C)CCCCl. The van der Waals surface area contributed by atoms with E-state index in [1.165, 1.54) is 12.0 Å². The van der Waals surface area contributed by atoms with E-state index in [-0.39, 0.29) is 0 Å². The number of hydrogen-bond donors (Lipinski definition) is 1. The Kier molecular flexibility index (Phi) is 7.62. The van der Waals surface area contributed by atoms with E-state index in [9.17, 15) is 0 Å². The lowest BCUT2D eigenvalue weighted by molar-refractivity contribution is 0.537. The van der Waals surface area contributed by atoms with E-state index in [0.29, 0.717) is 6.04 Å². The van der Waals surface area contributed by atoms with Gasteiger partial charge in [0.15, 0.2) is 0 Å². The van der Waals surface area contributed by atoms with Gasteiger partial charge in [0.05, 0.1) is 0 Å². The summed E-state index contributed by atoms with van der Waals surface area (Å²) >= 11 is 5.59. The highest BCUT2D eigenvalue weighted by atomic mass is 35.5. The molecule has 0 saturated heterocycles. The van der Waals surface area contributed by atoms with Gasteiger partial charge in [-0.1, -0.05) is 11.6 Å². The van der Waals surface area contributed by atoms with E-state index in [1.807, 2.05) is 0 Å². The topological polar surface area (TPSA) is 12.0 Å². The summed E-state index contributed by atoms with van der Waals surface area (Å²) in [5.74, 6) is 0.772. The Labute approximate surface area is 81.2 Å². The number of allylic oxidation sites excluding steroid dienone is 1. The van der Waals surface area contributed by atoms with Crippen LogP contribution in [0.1, 0.15) is 33.6 Å². The minimum atomic E-state index is 0.583. The molecule has 0 heterocycles. The molecule has 1 N–H and O–H groups in total. The van der Waals surface area contributed by atoms with Crippen LogP contribution in [-0.2, 0) is 0 Å². The van der Waals surface area contributed by atoms with Gasteiger partial charge in [0.25, 0.3) is 0 Å². The highest BCUT2D eigenvalue weighted by Gasteiger charge is 1.97. The van der Waals surface area contributed by atoms with Crippen LogP contribution in [-0.4, -0.2) is 18.5 Å². The van der Waals surface area contributed by atoms with Gasteiger partial charge in [-0.25, -0.2) is 0 Å². The predicted octanol–water partition coefficient (Wildman–Crippen LogP) is 2.95. The zero-order chi connectivity index (χ0) is 9.40. The zero-order valence-electron chi connectivity index (χ0n) is 8.36. The summed E-state index contributed by atoms with van der Waals surface area (Å²) in [5, 5.41) is 3.41. The van der Waals surface area contributed by atoms with Crippen molar-refractivity contribution in [2.45, 2.75) is 39.7 Å². The second-order valence-electron chi connectivity index (χ2n) is 3.42. The number of rotatable bonds is 6. The molecule has 0 aromatic carbocycles. The summed E-state index contributed by atoms with van der Waals surface area (Å²) in [6.07, 6.45) is 4.47. The molecule has 0 rings (SSSR count). The first-order valence-electron chi connectivity index (χ1n) is 4.59. The number of nitrogens with one attached hydrogen (secondary N) is 1. The molecule has 0 radical (unpaired) electrons. The van der Waals surface area contributed by atoms with Crippen LogP contribution in [0.15, 0.2) is 11.6 Å². The molecule has 1 unspecified atom stereocenters. The second kappa shape index (κ2) is 7.63. The van der Waals surface area contributed by atoms with Crippen molar-refractivity contribution < 1.29 is 0 Å². The molecule has 0 amide bonds.